The monoisotopic (exact) mass is 360 g/mol. The maximum Gasteiger partial charge on any atom is 0.257 e. The van der Waals surface area contributed by atoms with Gasteiger partial charge < -0.3 is 10.2 Å². The Labute approximate surface area is 151 Å². The summed E-state index contributed by atoms with van der Waals surface area (Å²) < 4.78 is 1.63. The van der Waals surface area contributed by atoms with Crippen molar-refractivity contribution in [1.29, 1.82) is 0 Å². The Kier molecular flexibility index (Phi) is 5.38. The Hall–Kier alpha value is -2.34. The molecule has 132 valence electrons. The van der Waals surface area contributed by atoms with Crippen LogP contribution in [0.25, 0.3) is 5.69 Å². The third-order valence-corrected chi connectivity index (χ3v) is 4.57. The van der Waals surface area contributed by atoms with Gasteiger partial charge in [-0.05, 0) is 38.0 Å². The summed E-state index contributed by atoms with van der Waals surface area (Å²) in [6.07, 6.45) is 4.90. The van der Waals surface area contributed by atoms with Gasteiger partial charge >= 0.3 is 0 Å². The van der Waals surface area contributed by atoms with E-state index in [-0.39, 0.29) is 17.7 Å². The van der Waals surface area contributed by atoms with Crippen LogP contribution in [0.2, 0.25) is 5.02 Å². The van der Waals surface area contributed by atoms with E-state index in [0.29, 0.717) is 30.2 Å². The number of hydrogen-bond acceptors (Lipinski definition) is 3. The number of nitrogens with zero attached hydrogens (tertiary/aromatic N) is 3. The first kappa shape index (κ1) is 17.5. The molecule has 1 aliphatic rings. The van der Waals surface area contributed by atoms with Gasteiger partial charge in [0.15, 0.2) is 0 Å². The fraction of sp³-hybridized carbons (Fsp3) is 0.389. The number of rotatable bonds is 4. The van der Waals surface area contributed by atoms with E-state index in [1.54, 1.807) is 34.1 Å². The van der Waals surface area contributed by atoms with Gasteiger partial charge in [-0.25, -0.2) is 4.68 Å². The van der Waals surface area contributed by atoms with Crippen LogP contribution in [0.15, 0.2) is 36.7 Å². The third kappa shape index (κ3) is 4.02. The number of nitrogens with one attached hydrogen (secondary N) is 1. The lowest BCUT2D eigenvalue weighted by Crippen LogP contribution is -2.45. The molecule has 2 heterocycles. The van der Waals surface area contributed by atoms with Crippen molar-refractivity contribution in [3.8, 4) is 5.69 Å². The molecule has 1 fully saturated rings. The summed E-state index contributed by atoms with van der Waals surface area (Å²) in [7, 11) is 0. The largest absolute Gasteiger partial charge is 0.356 e. The van der Waals surface area contributed by atoms with Gasteiger partial charge in [0.25, 0.3) is 5.91 Å². The van der Waals surface area contributed by atoms with Crippen LogP contribution in [0, 0.1) is 5.92 Å². The van der Waals surface area contributed by atoms with Crippen molar-refractivity contribution < 1.29 is 9.59 Å². The SMILES string of the molecule is CCNC(=O)C1CCCN(C(=O)c2cnn(-c3cccc(Cl)c3)c2)C1. The summed E-state index contributed by atoms with van der Waals surface area (Å²) in [6, 6.07) is 7.28. The van der Waals surface area contributed by atoms with E-state index in [1.807, 2.05) is 19.1 Å². The van der Waals surface area contributed by atoms with E-state index >= 15 is 0 Å². The van der Waals surface area contributed by atoms with Crippen molar-refractivity contribution in [3.63, 3.8) is 0 Å². The normalized spacial score (nSPS) is 17.4. The van der Waals surface area contributed by atoms with Gasteiger partial charge in [0, 0.05) is 30.9 Å². The molecular formula is C18H21ClN4O2. The minimum Gasteiger partial charge on any atom is -0.356 e. The van der Waals surface area contributed by atoms with E-state index in [0.717, 1.165) is 18.5 Å². The molecule has 1 unspecified atom stereocenters. The summed E-state index contributed by atoms with van der Waals surface area (Å²) >= 11 is 6.00. The Morgan fingerprint density at radius 1 is 1.40 bits per heavy atom. The molecule has 0 saturated carbocycles. The van der Waals surface area contributed by atoms with Crippen LogP contribution in [0.3, 0.4) is 0 Å². The molecule has 1 aliphatic heterocycles. The van der Waals surface area contributed by atoms with Crippen LogP contribution in [0.5, 0.6) is 0 Å². The van der Waals surface area contributed by atoms with Gasteiger partial charge in [0.05, 0.1) is 23.4 Å². The number of carbonyl (C=O) groups excluding carboxylic acids is 2. The smallest absolute Gasteiger partial charge is 0.257 e. The highest BCUT2D eigenvalue weighted by Gasteiger charge is 2.29. The lowest BCUT2D eigenvalue weighted by molar-refractivity contribution is -0.126. The molecule has 0 bridgehead atoms. The van der Waals surface area contributed by atoms with E-state index in [2.05, 4.69) is 10.4 Å². The van der Waals surface area contributed by atoms with Crippen molar-refractivity contribution in [3.05, 3.63) is 47.2 Å². The zero-order valence-electron chi connectivity index (χ0n) is 14.1. The number of aromatic nitrogens is 2. The molecule has 2 aromatic rings. The molecule has 25 heavy (non-hydrogen) atoms. The molecule has 1 aromatic heterocycles. The average molecular weight is 361 g/mol. The highest BCUT2D eigenvalue weighted by molar-refractivity contribution is 6.30. The second kappa shape index (κ2) is 7.70. The topological polar surface area (TPSA) is 67.2 Å². The van der Waals surface area contributed by atoms with E-state index in [9.17, 15) is 9.59 Å². The standard InChI is InChI=1S/C18H21ClN4O2/c1-2-20-17(24)13-5-4-8-22(11-13)18(25)14-10-21-23(12-14)16-7-3-6-15(19)9-16/h3,6-7,9-10,12-13H,2,4-5,8,11H2,1H3,(H,20,24). The van der Waals surface area contributed by atoms with E-state index in [4.69, 9.17) is 11.6 Å². The predicted octanol–water partition coefficient (Wildman–Crippen LogP) is 2.51. The first-order valence-electron chi connectivity index (χ1n) is 8.46. The maximum atomic E-state index is 12.8. The van der Waals surface area contributed by atoms with Gasteiger partial charge in [0.1, 0.15) is 0 Å². The summed E-state index contributed by atoms with van der Waals surface area (Å²) in [5.74, 6) is -0.211. The Bertz CT molecular complexity index is 774. The van der Waals surface area contributed by atoms with Crippen LogP contribution in [-0.2, 0) is 4.79 Å². The van der Waals surface area contributed by atoms with Crippen LogP contribution in [-0.4, -0.2) is 46.1 Å². The Morgan fingerprint density at radius 2 is 2.24 bits per heavy atom. The zero-order chi connectivity index (χ0) is 17.8. The van der Waals surface area contributed by atoms with Gasteiger partial charge in [-0.2, -0.15) is 5.10 Å². The lowest BCUT2D eigenvalue weighted by atomic mass is 9.96. The molecule has 1 aromatic carbocycles. The minimum atomic E-state index is -0.138. The highest BCUT2D eigenvalue weighted by atomic mass is 35.5. The van der Waals surface area contributed by atoms with Gasteiger partial charge in [-0.1, -0.05) is 17.7 Å². The number of likely N-dealkylation sites (tertiary alicyclic amines) is 1. The van der Waals surface area contributed by atoms with Crippen molar-refractivity contribution in [1.82, 2.24) is 20.0 Å². The number of benzene rings is 1. The number of carbonyl (C=O) groups is 2. The summed E-state index contributed by atoms with van der Waals surface area (Å²) in [5, 5.41) is 7.71. The van der Waals surface area contributed by atoms with E-state index in [1.165, 1.54) is 0 Å². The first-order valence-corrected chi connectivity index (χ1v) is 8.84. The second-order valence-corrected chi connectivity index (χ2v) is 6.57. The molecule has 0 aliphatic carbocycles. The average Bonchev–Trinajstić information content (AvgIpc) is 3.11. The molecule has 7 heteroatoms. The van der Waals surface area contributed by atoms with Crippen molar-refractivity contribution >= 4 is 23.4 Å². The van der Waals surface area contributed by atoms with Gasteiger partial charge in [0.2, 0.25) is 5.91 Å². The summed E-state index contributed by atoms with van der Waals surface area (Å²) in [4.78, 5) is 26.5. The van der Waals surface area contributed by atoms with Gasteiger partial charge in [-0.15, -0.1) is 0 Å². The highest BCUT2D eigenvalue weighted by Crippen LogP contribution is 2.20. The third-order valence-electron chi connectivity index (χ3n) is 4.33. The van der Waals surface area contributed by atoms with Crippen molar-refractivity contribution in [2.45, 2.75) is 19.8 Å². The number of amides is 2. The molecular weight excluding hydrogens is 340 g/mol. The molecule has 3 rings (SSSR count). The Morgan fingerprint density at radius 3 is 3.00 bits per heavy atom. The molecule has 0 radical (unpaired) electrons. The fourth-order valence-electron chi connectivity index (χ4n) is 3.07. The molecule has 1 saturated heterocycles. The van der Waals surface area contributed by atoms with Crippen LogP contribution >= 0.6 is 11.6 Å². The zero-order valence-corrected chi connectivity index (χ0v) is 14.9. The summed E-state index contributed by atoms with van der Waals surface area (Å²) in [6.45, 7) is 3.62. The molecule has 0 spiro atoms. The fourth-order valence-corrected chi connectivity index (χ4v) is 3.25. The van der Waals surface area contributed by atoms with Crippen LogP contribution in [0.4, 0.5) is 0 Å². The quantitative estimate of drug-likeness (QED) is 0.911. The number of halogens is 1. The van der Waals surface area contributed by atoms with Gasteiger partial charge in [-0.3, -0.25) is 9.59 Å². The summed E-state index contributed by atoms with van der Waals surface area (Å²) in [5.41, 5.74) is 1.31. The molecule has 1 N–H and O–H groups in total. The predicted molar refractivity (Wildman–Crippen MR) is 95.9 cm³/mol. The first-order chi connectivity index (χ1) is 12.1. The maximum absolute atomic E-state index is 12.8. The molecule has 1 atom stereocenters. The Balaban J connectivity index is 1.72. The molecule has 6 nitrogen and oxygen atoms in total. The lowest BCUT2D eigenvalue weighted by Gasteiger charge is -2.31. The van der Waals surface area contributed by atoms with Crippen molar-refractivity contribution in [2.24, 2.45) is 5.92 Å². The van der Waals surface area contributed by atoms with Crippen LogP contribution < -0.4 is 5.32 Å². The second-order valence-electron chi connectivity index (χ2n) is 6.14. The van der Waals surface area contributed by atoms with Crippen LogP contribution in [0.1, 0.15) is 30.1 Å². The number of hydrogen-bond donors (Lipinski definition) is 1. The molecule has 2 amide bonds. The van der Waals surface area contributed by atoms with E-state index < -0.39 is 0 Å². The number of piperidine rings is 1. The minimum absolute atomic E-state index is 0.0228. The van der Waals surface area contributed by atoms with Crippen molar-refractivity contribution in [2.75, 3.05) is 19.6 Å².